The number of hydrogen-bond acceptors (Lipinski definition) is 2. The molecule has 1 nitrogen and oxygen atoms in total. The predicted octanol–water partition coefficient (Wildman–Crippen LogP) is 2.90. The molecular formula is C10H11NS. The van der Waals surface area contributed by atoms with Gasteiger partial charge in [0.1, 0.15) is 0 Å². The Balaban J connectivity index is 3.31. The molecule has 0 fully saturated rings. The normalized spacial score (nSPS) is 9.50. The average molecular weight is 177 g/mol. The first-order valence-electron chi connectivity index (χ1n) is 3.74. The molecule has 1 aromatic rings. The van der Waals surface area contributed by atoms with Crippen LogP contribution in [0.1, 0.15) is 16.7 Å². The molecular weight excluding hydrogens is 166 g/mol. The highest BCUT2D eigenvalue weighted by Crippen LogP contribution is 2.21. The van der Waals surface area contributed by atoms with E-state index in [2.05, 4.69) is 12.1 Å². The Morgan fingerprint density at radius 1 is 1.33 bits per heavy atom. The van der Waals surface area contributed by atoms with Crippen molar-refractivity contribution < 1.29 is 0 Å². The van der Waals surface area contributed by atoms with Gasteiger partial charge in [-0.05, 0) is 43.4 Å². The predicted molar refractivity (Wildman–Crippen MR) is 52.4 cm³/mol. The van der Waals surface area contributed by atoms with Crippen LogP contribution in [0, 0.1) is 25.2 Å². The van der Waals surface area contributed by atoms with Gasteiger partial charge in [-0.2, -0.15) is 5.26 Å². The summed E-state index contributed by atoms with van der Waals surface area (Å²) in [7, 11) is 0. The van der Waals surface area contributed by atoms with Crippen LogP contribution in [0.15, 0.2) is 17.0 Å². The van der Waals surface area contributed by atoms with Crippen molar-refractivity contribution in [3.05, 3.63) is 28.8 Å². The first kappa shape index (κ1) is 9.15. The molecule has 0 saturated heterocycles. The van der Waals surface area contributed by atoms with Crippen LogP contribution in [0.5, 0.6) is 0 Å². The average Bonchev–Trinajstić information content (AvgIpc) is 2.09. The van der Waals surface area contributed by atoms with Crippen LogP contribution < -0.4 is 0 Å². The maximum atomic E-state index is 8.80. The summed E-state index contributed by atoms with van der Waals surface area (Å²) in [4.78, 5) is 1.16. The van der Waals surface area contributed by atoms with Crippen molar-refractivity contribution in [3.63, 3.8) is 0 Å². The lowest BCUT2D eigenvalue weighted by Crippen LogP contribution is -1.87. The summed E-state index contributed by atoms with van der Waals surface area (Å²) in [6, 6.07) is 6.25. The Hall–Kier alpha value is -0.940. The van der Waals surface area contributed by atoms with Gasteiger partial charge >= 0.3 is 0 Å². The van der Waals surface area contributed by atoms with E-state index in [1.54, 1.807) is 11.8 Å². The summed E-state index contributed by atoms with van der Waals surface area (Å²) < 4.78 is 0. The van der Waals surface area contributed by atoms with Crippen LogP contribution in [0.3, 0.4) is 0 Å². The second-order valence-electron chi connectivity index (χ2n) is 2.73. The molecule has 0 aliphatic carbocycles. The van der Waals surface area contributed by atoms with Gasteiger partial charge < -0.3 is 0 Å². The third-order valence-electron chi connectivity index (χ3n) is 2.00. The van der Waals surface area contributed by atoms with Crippen molar-refractivity contribution in [2.24, 2.45) is 0 Å². The molecule has 0 N–H and O–H groups in total. The van der Waals surface area contributed by atoms with Crippen LogP contribution >= 0.6 is 11.8 Å². The van der Waals surface area contributed by atoms with Crippen molar-refractivity contribution in [2.75, 3.05) is 6.26 Å². The van der Waals surface area contributed by atoms with Gasteiger partial charge in [0, 0.05) is 4.90 Å². The van der Waals surface area contributed by atoms with Crippen molar-refractivity contribution in [1.29, 1.82) is 5.26 Å². The van der Waals surface area contributed by atoms with Crippen molar-refractivity contribution in [2.45, 2.75) is 18.7 Å². The van der Waals surface area contributed by atoms with Crippen LogP contribution in [-0.4, -0.2) is 6.26 Å². The second-order valence-corrected chi connectivity index (χ2v) is 3.61. The summed E-state index contributed by atoms with van der Waals surface area (Å²) in [6.45, 7) is 4.02. The third kappa shape index (κ3) is 1.62. The Morgan fingerprint density at radius 3 is 2.50 bits per heavy atom. The zero-order valence-corrected chi connectivity index (χ0v) is 8.33. The van der Waals surface area contributed by atoms with Crippen LogP contribution in [0.4, 0.5) is 0 Å². The van der Waals surface area contributed by atoms with E-state index in [1.807, 2.05) is 26.2 Å². The van der Waals surface area contributed by atoms with Crippen LogP contribution in [0.2, 0.25) is 0 Å². The minimum Gasteiger partial charge on any atom is -0.192 e. The molecule has 2 heteroatoms. The maximum absolute atomic E-state index is 8.80. The molecule has 0 aliphatic heterocycles. The van der Waals surface area contributed by atoms with Gasteiger partial charge in [0.25, 0.3) is 0 Å². The first-order valence-corrected chi connectivity index (χ1v) is 4.97. The maximum Gasteiger partial charge on any atom is 0.0994 e. The lowest BCUT2D eigenvalue weighted by atomic mass is 10.0. The zero-order chi connectivity index (χ0) is 9.14. The van der Waals surface area contributed by atoms with Gasteiger partial charge in [-0.15, -0.1) is 11.8 Å². The van der Waals surface area contributed by atoms with E-state index in [1.165, 1.54) is 5.56 Å². The summed E-state index contributed by atoms with van der Waals surface area (Å²) in [5, 5.41) is 8.80. The fraction of sp³-hybridized carbons (Fsp3) is 0.300. The van der Waals surface area contributed by atoms with E-state index >= 15 is 0 Å². The van der Waals surface area contributed by atoms with E-state index in [-0.39, 0.29) is 0 Å². The molecule has 12 heavy (non-hydrogen) atoms. The molecule has 0 bridgehead atoms. The number of benzene rings is 1. The minimum absolute atomic E-state index is 0.791. The first-order chi connectivity index (χ1) is 5.69. The van der Waals surface area contributed by atoms with Gasteiger partial charge in [-0.25, -0.2) is 0 Å². The molecule has 0 aliphatic rings. The Bertz CT molecular complexity index is 336. The molecule has 0 spiro atoms. The number of aryl methyl sites for hydroxylation is 1. The lowest BCUT2D eigenvalue weighted by Gasteiger charge is -2.04. The summed E-state index contributed by atoms with van der Waals surface area (Å²) in [5.74, 6) is 0. The minimum atomic E-state index is 0.791. The lowest BCUT2D eigenvalue weighted by molar-refractivity contribution is 1.25. The Kier molecular flexibility index (Phi) is 2.78. The summed E-state index contributed by atoms with van der Waals surface area (Å²) in [6.07, 6.45) is 2.02. The molecule has 0 radical (unpaired) electrons. The summed E-state index contributed by atoms with van der Waals surface area (Å²) >= 11 is 1.67. The number of hydrogen-bond donors (Lipinski definition) is 0. The van der Waals surface area contributed by atoms with E-state index in [4.69, 9.17) is 5.26 Å². The van der Waals surface area contributed by atoms with Gasteiger partial charge in [0.05, 0.1) is 11.6 Å². The molecule has 0 heterocycles. The molecule has 62 valence electrons. The molecule has 0 saturated carbocycles. The molecule has 0 unspecified atom stereocenters. The smallest absolute Gasteiger partial charge is 0.0994 e. The molecule has 1 aromatic carbocycles. The quantitative estimate of drug-likeness (QED) is 0.616. The largest absolute Gasteiger partial charge is 0.192 e. The molecule has 1 rings (SSSR count). The topological polar surface area (TPSA) is 23.8 Å². The molecule has 0 atom stereocenters. The highest BCUT2D eigenvalue weighted by molar-refractivity contribution is 7.98. The number of nitrogens with zero attached hydrogens (tertiary/aromatic N) is 1. The number of thioether (sulfide) groups is 1. The highest BCUT2D eigenvalue weighted by atomic mass is 32.2. The monoisotopic (exact) mass is 177 g/mol. The fourth-order valence-corrected chi connectivity index (χ4v) is 1.59. The van der Waals surface area contributed by atoms with Crippen molar-refractivity contribution in [1.82, 2.24) is 0 Å². The molecule has 0 amide bonds. The van der Waals surface area contributed by atoms with Gasteiger partial charge in [-0.1, -0.05) is 0 Å². The van der Waals surface area contributed by atoms with Crippen molar-refractivity contribution >= 4 is 11.8 Å². The third-order valence-corrected chi connectivity index (χ3v) is 2.70. The van der Waals surface area contributed by atoms with E-state index in [0.717, 1.165) is 16.0 Å². The SMILES string of the molecule is CSc1cc(C)c(C)c(C#N)c1. The van der Waals surface area contributed by atoms with Gasteiger partial charge in [0.15, 0.2) is 0 Å². The van der Waals surface area contributed by atoms with Gasteiger partial charge in [-0.3, -0.25) is 0 Å². The Morgan fingerprint density at radius 2 is 2.00 bits per heavy atom. The highest BCUT2D eigenvalue weighted by Gasteiger charge is 2.02. The standard InChI is InChI=1S/C10H11NS/c1-7-4-10(12-3)5-9(6-11)8(7)2/h4-5H,1-3H3. The van der Waals surface area contributed by atoms with E-state index in [0.29, 0.717) is 0 Å². The van der Waals surface area contributed by atoms with E-state index in [9.17, 15) is 0 Å². The number of rotatable bonds is 1. The zero-order valence-electron chi connectivity index (χ0n) is 7.51. The van der Waals surface area contributed by atoms with Crippen LogP contribution in [-0.2, 0) is 0 Å². The Labute approximate surface area is 77.4 Å². The fourth-order valence-electron chi connectivity index (χ4n) is 1.06. The second kappa shape index (κ2) is 3.64. The van der Waals surface area contributed by atoms with Gasteiger partial charge in [0.2, 0.25) is 0 Å². The van der Waals surface area contributed by atoms with Crippen LogP contribution in [0.25, 0.3) is 0 Å². The number of nitriles is 1. The molecule has 0 aromatic heterocycles. The van der Waals surface area contributed by atoms with E-state index < -0.39 is 0 Å². The van der Waals surface area contributed by atoms with Crippen molar-refractivity contribution in [3.8, 4) is 6.07 Å². The summed E-state index contributed by atoms with van der Waals surface area (Å²) in [5.41, 5.74) is 3.08.